The van der Waals surface area contributed by atoms with Crippen molar-refractivity contribution in [2.24, 2.45) is 0 Å². The van der Waals surface area contributed by atoms with Crippen LogP contribution in [0.3, 0.4) is 0 Å². The van der Waals surface area contributed by atoms with Crippen molar-refractivity contribution in [1.29, 1.82) is 0 Å². The molecule has 1 fully saturated rings. The van der Waals surface area contributed by atoms with Gasteiger partial charge in [-0.1, -0.05) is 19.0 Å². The van der Waals surface area contributed by atoms with E-state index in [2.05, 4.69) is 20.3 Å². The molecule has 134 valence electrons. The van der Waals surface area contributed by atoms with Crippen LogP contribution in [0.15, 0.2) is 20.2 Å². The van der Waals surface area contributed by atoms with Crippen molar-refractivity contribution in [2.45, 2.75) is 44.9 Å². The summed E-state index contributed by atoms with van der Waals surface area (Å²) in [5.74, 6) is 1.20. The molecule has 0 aromatic carbocycles. The van der Waals surface area contributed by atoms with Crippen LogP contribution in [-0.2, 0) is 11.2 Å². The smallest absolute Gasteiger partial charge is 0.266 e. The SMILES string of the molecule is CC(C)c1noc(C2CCCN(C(=O)Cc3cc(=O)[nH][nH]c3=O)C2)n1. The van der Waals surface area contributed by atoms with Crippen LogP contribution in [0.25, 0.3) is 0 Å². The standard InChI is InChI=1S/C16H21N5O4/c1-9(2)14-17-16(25-20-14)10-4-3-5-21(8-10)13(23)7-11-6-12(22)18-19-15(11)24/h6,9-10H,3-5,7-8H2,1-2H3,(H,18,22)(H,19,24). The Labute approximate surface area is 143 Å². The molecule has 1 amide bonds. The molecule has 2 aromatic rings. The Hall–Kier alpha value is -2.71. The first kappa shape index (κ1) is 17.1. The zero-order valence-corrected chi connectivity index (χ0v) is 14.2. The van der Waals surface area contributed by atoms with Gasteiger partial charge in [-0.25, -0.2) is 0 Å². The van der Waals surface area contributed by atoms with E-state index in [1.165, 1.54) is 0 Å². The highest BCUT2D eigenvalue weighted by atomic mass is 16.5. The monoisotopic (exact) mass is 347 g/mol. The van der Waals surface area contributed by atoms with Gasteiger partial charge < -0.3 is 9.42 Å². The molecular weight excluding hydrogens is 326 g/mol. The second-order valence-electron chi connectivity index (χ2n) is 6.61. The van der Waals surface area contributed by atoms with Gasteiger partial charge in [0, 0.05) is 30.6 Å². The van der Waals surface area contributed by atoms with Crippen molar-refractivity contribution in [1.82, 2.24) is 25.2 Å². The van der Waals surface area contributed by atoms with Gasteiger partial charge in [0.2, 0.25) is 11.8 Å². The first-order valence-corrected chi connectivity index (χ1v) is 8.36. The summed E-state index contributed by atoms with van der Waals surface area (Å²) >= 11 is 0. The molecule has 2 aromatic heterocycles. The number of amides is 1. The molecule has 1 aliphatic rings. The first-order valence-electron chi connectivity index (χ1n) is 8.36. The minimum absolute atomic E-state index is 0.00448. The molecule has 0 saturated carbocycles. The number of carbonyl (C=O) groups is 1. The molecule has 0 aliphatic carbocycles. The molecule has 0 radical (unpaired) electrons. The lowest BCUT2D eigenvalue weighted by Gasteiger charge is -2.31. The van der Waals surface area contributed by atoms with Crippen LogP contribution in [-0.4, -0.2) is 44.2 Å². The average Bonchev–Trinajstić information content (AvgIpc) is 3.09. The second kappa shape index (κ2) is 7.04. The van der Waals surface area contributed by atoms with Crippen molar-refractivity contribution >= 4 is 5.91 Å². The number of nitrogens with zero attached hydrogens (tertiary/aromatic N) is 3. The zero-order chi connectivity index (χ0) is 18.0. The van der Waals surface area contributed by atoms with Crippen molar-refractivity contribution < 1.29 is 9.32 Å². The molecule has 25 heavy (non-hydrogen) atoms. The van der Waals surface area contributed by atoms with E-state index >= 15 is 0 Å². The number of rotatable bonds is 4. The number of carbonyl (C=O) groups excluding carboxylic acids is 1. The van der Waals surface area contributed by atoms with Gasteiger partial charge in [0.15, 0.2) is 5.82 Å². The predicted molar refractivity (Wildman–Crippen MR) is 88.3 cm³/mol. The minimum Gasteiger partial charge on any atom is -0.342 e. The summed E-state index contributed by atoms with van der Waals surface area (Å²) in [4.78, 5) is 41.7. The normalized spacial score (nSPS) is 17.9. The van der Waals surface area contributed by atoms with Crippen LogP contribution in [0, 0.1) is 0 Å². The van der Waals surface area contributed by atoms with E-state index in [9.17, 15) is 14.4 Å². The molecule has 1 atom stereocenters. The molecule has 3 heterocycles. The van der Waals surface area contributed by atoms with E-state index in [0.717, 1.165) is 18.9 Å². The summed E-state index contributed by atoms with van der Waals surface area (Å²) in [5, 5.41) is 8.39. The van der Waals surface area contributed by atoms with E-state index in [-0.39, 0.29) is 29.7 Å². The lowest BCUT2D eigenvalue weighted by molar-refractivity contribution is -0.131. The molecule has 9 heteroatoms. The molecule has 9 nitrogen and oxygen atoms in total. The Kier molecular flexibility index (Phi) is 4.82. The lowest BCUT2D eigenvalue weighted by atomic mass is 9.97. The van der Waals surface area contributed by atoms with Gasteiger partial charge in [0.25, 0.3) is 11.1 Å². The summed E-state index contributed by atoms with van der Waals surface area (Å²) in [6, 6.07) is 1.16. The maximum atomic E-state index is 12.5. The molecule has 3 rings (SSSR count). The Balaban J connectivity index is 1.70. The molecule has 1 unspecified atom stereocenters. The summed E-state index contributed by atoms with van der Waals surface area (Å²) in [6.45, 7) is 5.07. The number of likely N-dealkylation sites (tertiary alicyclic amines) is 1. The molecular formula is C16H21N5O4. The predicted octanol–water partition coefficient (Wildman–Crippen LogP) is 0.518. The Morgan fingerprint density at radius 1 is 1.40 bits per heavy atom. The molecule has 2 N–H and O–H groups in total. The topological polar surface area (TPSA) is 125 Å². The summed E-state index contributed by atoms with van der Waals surface area (Å²) in [7, 11) is 0. The van der Waals surface area contributed by atoms with Crippen LogP contribution in [0.2, 0.25) is 0 Å². The summed E-state index contributed by atoms with van der Waals surface area (Å²) in [6.07, 6.45) is 1.59. The number of aromatic amines is 2. The van der Waals surface area contributed by atoms with Crippen molar-refractivity contribution in [3.63, 3.8) is 0 Å². The largest absolute Gasteiger partial charge is 0.342 e. The maximum Gasteiger partial charge on any atom is 0.266 e. The molecule has 1 saturated heterocycles. The van der Waals surface area contributed by atoms with Crippen molar-refractivity contribution in [2.75, 3.05) is 13.1 Å². The first-order chi connectivity index (χ1) is 11.9. The van der Waals surface area contributed by atoms with E-state index < -0.39 is 11.1 Å². The fourth-order valence-corrected chi connectivity index (χ4v) is 2.92. The van der Waals surface area contributed by atoms with E-state index in [4.69, 9.17) is 4.52 Å². The highest BCUT2D eigenvalue weighted by molar-refractivity contribution is 5.78. The van der Waals surface area contributed by atoms with Gasteiger partial charge >= 0.3 is 0 Å². The van der Waals surface area contributed by atoms with Crippen molar-refractivity contribution in [3.8, 4) is 0 Å². The minimum atomic E-state index is -0.458. The third kappa shape index (κ3) is 3.86. The fraction of sp³-hybridized carbons (Fsp3) is 0.562. The van der Waals surface area contributed by atoms with Crippen molar-refractivity contribution in [3.05, 3.63) is 44.1 Å². The van der Waals surface area contributed by atoms with Gasteiger partial charge in [0.05, 0.1) is 12.3 Å². The van der Waals surface area contributed by atoms with Gasteiger partial charge in [0.1, 0.15) is 0 Å². The van der Waals surface area contributed by atoms with Gasteiger partial charge in [-0.15, -0.1) is 0 Å². The number of piperidine rings is 1. The van der Waals surface area contributed by atoms with Crippen LogP contribution >= 0.6 is 0 Å². The molecule has 0 spiro atoms. The fourth-order valence-electron chi connectivity index (χ4n) is 2.92. The van der Waals surface area contributed by atoms with Gasteiger partial charge in [-0.3, -0.25) is 24.6 Å². The summed E-state index contributed by atoms with van der Waals surface area (Å²) < 4.78 is 5.35. The van der Waals surface area contributed by atoms with Crippen LogP contribution in [0.4, 0.5) is 0 Å². The van der Waals surface area contributed by atoms with Crippen LogP contribution < -0.4 is 11.1 Å². The molecule has 0 bridgehead atoms. The van der Waals surface area contributed by atoms with Crippen LogP contribution in [0.1, 0.15) is 55.8 Å². The van der Waals surface area contributed by atoms with E-state index in [0.29, 0.717) is 24.8 Å². The third-order valence-electron chi connectivity index (χ3n) is 4.34. The van der Waals surface area contributed by atoms with E-state index in [1.54, 1.807) is 4.90 Å². The number of aromatic nitrogens is 4. The Morgan fingerprint density at radius 3 is 2.92 bits per heavy atom. The lowest BCUT2D eigenvalue weighted by Crippen LogP contribution is -2.41. The van der Waals surface area contributed by atoms with Gasteiger partial charge in [-0.2, -0.15) is 4.98 Å². The highest BCUT2D eigenvalue weighted by Crippen LogP contribution is 2.27. The third-order valence-corrected chi connectivity index (χ3v) is 4.34. The van der Waals surface area contributed by atoms with Gasteiger partial charge in [-0.05, 0) is 12.8 Å². The second-order valence-corrected chi connectivity index (χ2v) is 6.61. The quantitative estimate of drug-likeness (QED) is 0.830. The Bertz CT molecular complexity index is 866. The Morgan fingerprint density at radius 2 is 2.20 bits per heavy atom. The zero-order valence-electron chi connectivity index (χ0n) is 14.2. The average molecular weight is 347 g/mol. The highest BCUT2D eigenvalue weighted by Gasteiger charge is 2.29. The number of nitrogens with one attached hydrogen (secondary N) is 2. The number of H-pyrrole nitrogens is 2. The van der Waals surface area contributed by atoms with Crippen LogP contribution in [0.5, 0.6) is 0 Å². The summed E-state index contributed by atoms with van der Waals surface area (Å²) in [5.41, 5.74) is -0.735. The molecule has 1 aliphatic heterocycles. The number of hydrogen-bond donors (Lipinski definition) is 2. The van der Waals surface area contributed by atoms with E-state index in [1.807, 2.05) is 13.8 Å². The number of hydrogen-bond acceptors (Lipinski definition) is 6. The maximum absolute atomic E-state index is 12.5.